The normalized spacial score (nSPS) is 10.8. The zero-order chi connectivity index (χ0) is 18.1. The number of unbranched alkanes of at least 4 members (excludes halogenated alkanes) is 1. The Morgan fingerprint density at radius 3 is 2.88 bits per heavy atom. The van der Waals surface area contributed by atoms with Gasteiger partial charge in [0.05, 0.1) is 6.61 Å². The van der Waals surface area contributed by atoms with Crippen molar-refractivity contribution in [1.82, 2.24) is 10.2 Å². The van der Waals surface area contributed by atoms with Crippen LogP contribution >= 0.6 is 23.1 Å². The summed E-state index contributed by atoms with van der Waals surface area (Å²) >= 11 is 3.06. The van der Waals surface area contributed by atoms with Crippen LogP contribution in [0.2, 0.25) is 0 Å². The minimum atomic E-state index is -0.469. The van der Waals surface area contributed by atoms with Gasteiger partial charge in [0.25, 0.3) is 0 Å². The Morgan fingerprint density at radius 1 is 1.36 bits per heavy atom. The maximum absolute atomic E-state index is 11.6. The highest BCUT2D eigenvalue weighted by atomic mass is 32.2. The second-order valence-electron chi connectivity index (χ2n) is 5.46. The summed E-state index contributed by atoms with van der Waals surface area (Å²) in [5, 5.41) is 17.2. The van der Waals surface area contributed by atoms with Gasteiger partial charge >= 0.3 is 0 Å². The van der Waals surface area contributed by atoms with E-state index in [0.717, 1.165) is 47.1 Å². The van der Waals surface area contributed by atoms with Crippen LogP contribution in [0.25, 0.3) is 0 Å². The zero-order valence-corrected chi connectivity index (χ0v) is 15.9. The maximum atomic E-state index is 11.6. The van der Waals surface area contributed by atoms with Gasteiger partial charge in [0, 0.05) is 11.3 Å². The van der Waals surface area contributed by atoms with Gasteiger partial charge in [0.15, 0.2) is 10.1 Å². The number of aliphatic hydroxyl groups excluding tert-OH is 1. The number of nitrogens with two attached hydrogens (primary N) is 1. The number of hydrogen-bond acceptors (Lipinski definition) is 8. The van der Waals surface area contributed by atoms with Gasteiger partial charge in [0.2, 0.25) is 5.13 Å². The molecule has 8 heteroatoms. The topological polar surface area (TPSA) is 98.3 Å². The highest BCUT2D eigenvalue weighted by Gasteiger charge is 2.09. The van der Waals surface area contributed by atoms with E-state index in [9.17, 15) is 4.79 Å². The Kier molecular flexibility index (Phi) is 8.17. The summed E-state index contributed by atoms with van der Waals surface area (Å²) in [6.45, 7) is 2.24. The van der Waals surface area contributed by atoms with E-state index in [-0.39, 0.29) is 5.78 Å². The molecular formula is C17H23N3O3S2. The molecule has 136 valence electrons. The summed E-state index contributed by atoms with van der Waals surface area (Å²) in [5.41, 5.74) is 7.10. The third-order valence-electron chi connectivity index (χ3n) is 3.49. The number of aromatic nitrogens is 2. The van der Waals surface area contributed by atoms with Crippen LogP contribution in [-0.4, -0.2) is 40.1 Å². The molecule has 6 nitrogen and oxygen atoms in total. The largest absolute Gasteiger partial charge is 0.493 e. The van der Waals surface area contributed by atoms with E-state index in [1.54, 1.807) is 17.8 Å². The van der Waals surface area contributed by atoms with Crippen molar-refractivity contribution in [2.75, 3.05) is 24.7 Å². The van der Waals surface area contributed by atoms with Gasteiger partial charge in [-0.25, -0.2) is 0 Å². The predicted molar refractivity (Wildman–Crippen MR) is 102 cm³/mol. The number of ether oxygens (including phenoxy) is 1. The molecule has 3 N–H and O–H groups in total. The van der Waals surface area contributed by atoms with Crippen molar-refractivity contribution in [3.05, 3.63) is 29.3 Å². The van der Waals surface area contributed by atoms with Crippen LogP contribution in [0.3, 0.4) is 0 Å². The third-order valence-corrected chi connectivity index (χ3v) is 5.46. The van der Waals surface area contributed by atoms with E-state index in [1.165, 1.54) is 11.3 Å². The van der Waals surface area contributed by atoms with Crippen molar-refractivity contribution in [3.8, 4) is 5.75 Å². The Morgan fingerprint density at radius 2 is 2.20 bits per heavy atom. The fourth-order valence-corrected chi connectivity index (χ4v) is 3.98. The first-order valence-corrected chi connectivity index (χ1v) is 10.1. The lowest BCUT2D eigenvalue weighted by Crippen LogP contribution is -2.07. The lowest BCUT2D eigenvalue weighted by molar-refractivity contribution is 0.0903. The number of hydrogen-bond donors (Lipinski definition) is 2. The van der Waals surface area contributed by atoms with Crippen LogP contribution in [0.1, 0.15) is 42.1 Å². The van der Waals surface area contributed by atoms with E-state index < -0.39 is 6.61 Å². The maximum Gasteiger partial charge on any atom is 0.203 e. The van der Waals surface area contributed by atoms with Gasteiger partial charge in [-0.15, -0.1) is 10.2 Å². The summed E-state index contributed by atoms with van der Waals surface area (Å²) < 4.78 is 6.78. The molecule has 0 bridgehead atoms. The summed E-state index contributed by atoms with van der Waals surface area (Å²) in [7, 11) is 0. The highest BCUT2D eigenvalue weighted by Crippen LogP contribution is 2.25. The second-order valence-corrected chi connectivity index (χ2v) is 7.82. The predicted octanol–water partition coefficient (Wildman–Crippen LogP) is 3.20. The van der Waals surface area contributed by atoms with Crippen molar-refractivity contribution in [2.24, 2.45) is 0 Å². The Bertz CT molecular complexity index is 692. The molecule has 0 radical (unpaired) electrons. The molecule has 0 aliphatic heterocycles. The van der Waals surface area contributed by atoms with Crippen molar-refractivity contribution < 1.29 is 14.6 Å². The van der Waals surface area contributed by atoms with Gasteiger partial charge in [-0.1, -0.05) is 36.4 Å². The average molecular weight is 382 g/mol. The molecule has 1 aromatic carbocycles. The van der Waals surface area contributed by atoms with Gasteiger partial charge in [-0.2, -0.15) is 0 Å². The molecule has 2 rings (SSSR count). The quantitative estimate of drug-likeness (QED) is 0.350. The van der Waals surface area contributed by atoms with Crippen LogP contribution in [0.5, 0.6) is 5.75 Å². The molecule has 0 saturated carbocycles. The van der Waals surface area contributed by atoms with E-state index in [1.807, 2.05) is 12.1 Å². The van der Waals surface area contributed by atoms with Gasteiger partial charge in [-0.3, -0.25) is 4.79 Å². The Balaban J connectivity index is 1.78. The molecule has 25 heavy (non-hydrogen) atoms. The third kappa shape index (κ3) is 6.30. The van der Waals surface area contributed by atoms with Crippen molar-refractivity contribution in [2.45, 2.75) is 36.9 Å². The molecule has 0 atom stereocenters. The van der Waals surface area contributed by atoms with Gasteiger partial charge < -0.3 is 15.6 Å². The van der Waals surface area contributed by atoms with Crippen LogP contribution < -0.4 is 10.5 Å². The standard InChI is InChI=1S/C17H23N3O3S2/c1-2-5-13-10-12(14(22)11-21)6-7-15(13)23-8-3-4-9-24-17-20-19-16(18)25-17/h6-7,10,21H,2-5,8-9,11H2,1H3,(H2,18,19). The molecule has 0 fully saturated rings. The lowest BCUT2D eigenvalue weighted by atomic mass is 10.0. The number of nitrogen functional groups attached to an aromatic ring is 1. The molecule has 2 aromatic rings. The van der Waals surface area contributed by atoms with E-state index in [0.29, 0.717) is 17.3 Å². The molecule has 1 aromatic heterocycles. The monoisotopic (exact) mass is 381 g/mol. The van der Waals surface area contributed by atoms with Crippen molar-refractivity contribution in [1.29, 1.82) is 0 Å². The second kappa shape index (κ2) is 10.4. The molecule has 0 unspecified atom stereocenters. The molecule has 0 amide bonds. The minimum absolute atomic E-state index is 0.266. The fourth-order valence-electron chi connectivity index (χ4n) is 2.27. The van der Waals surface area contributed by atoms with E-state index in [4.69, 9.17) is 15.6 Å². The summed E-state index contributed by atoms with van der Waals surface area (Å²) in [6, 6.07) is 5.36. The molecule has 1 heterocycles. The van der Waals surface area contributed by atoms with Crippen LogP contribution in [-0.2, 0) is 6.42 Å². The lowest BCUT2D eigenvalue weighted by Gasteiger charge is -2.12. The van der Waals surface area contributed by atoms with Gasteiger partial charge in [0.1, 0.15) is 12.4 Å². The van der Waals surface area contributed by atoms with Crippen molar-refractivity contribution in [3.63, 3.8) is 0 Å². The number of nitrogens with zero attached hydrogens (tertiary/aromatic N) is 2. The number of ketones is 1. The first-order valence-electron chi connectivity index (χ1n) is 8.25. The molecule has 0 spiro atoms. The number of carbonyl (C=O) groups is 1. The van der Waals surface area contributed by atoms with Crippen molar-refractivity contribution >= 4 is 34.0 Å². The summed E-state index contributed by atoms with van der Waals surface area (Å²) in [5.74, 6) is 1.50. The SMILES string of the molecule is CCCc1cc(C(=O)CO)ccc1OCCCCSc1nnc(N)s1. The molecule has 0 aliphatic rings. The number of rotatable bonds is 11. The van der Waals surface area contributed by atoms with Crippen LogP contribution in [0, 0.1) is 0 Å². The zero-order valence-electron chi connectivity index (χ0n) is 14.2. The van der Waals surface area contributed by atoms with Crippen LogP contribution in [0.4, 0.5) is 5.13 Å². The molecular weight excluding hydrogens is 358 g/mol. The Hall–Kier alpha value is -1.64. The number of aliphatic hydroxyl groups is 1. The highest BCUT2D eigenvalue weighted by molar-refractivity contribution is 8.01. The average Bonchev–Trinajstić information content (AvgIpc) is 3.03. The van der Waals surface area contributed by atoms with Crippen LogP contribution in [0.15, 0.2) is 22.5 Å². The smallest absolute Gasteiger partial charge is 0.203 e. The van der Waals surface area contributed by atoms with Gasteiger partial charge in [-0.05, 0) is 43.0 Å². The van der Waals surface area contributed by atoms with E-state index >= 15 is 0 Å². The first-order chi connectivity index (χ1) is 12.1. The molecule has 0 saturated heterocycles. The summed E-state index contributed by atoms with van der Waals surface area (Å²) in [4.78, 5) is 11.6. The summed E-state index contributed by atoms with van der Waals surface area (Å²) in [6.07, 6.45) is 3.75. The Labute approximate surface area is 155 Å². The molecule has 0 aliphatic carbocycles. The number of thioether (sulfide) groups is 1. The van der Waals surface area contributed by atoms with E-state index in [2.05, 4.69) is 17.1 Å². The number of carbonyl (C=O) groups excluding carboxylic acids is 1. The number of benzene rings is 1. The first kappa shape index (κ1) is 19.7. The number of Topliss-reactive ketones (excluding diaryl/α,β-unsaturated/α-hetero) is 1. The minimum Gasteiger partial charge on any atom is -0.493 e. The fraction of sp³-hybridized carbons (Fsp3) is 0.471. The number of anilines is 1. The number of aryl methyl sites for hydroxylation is 1.